The van der Waals surface area contributed by atoms with E-state index < -0.39 is 16.1 Å². The van der Waals surface area contributed by atoms with E-state index in [1.54, 1.807) is 12.1 Å². The molecule has 1 aliphatic rings. The van der Waals surface area contributed by atoms with Gasteiger partial charge in [-0.15, -0.1) is 0 Å². The van der Waals surface area contributed by atoms with E-state index in [0.29, 0.717) is 6.54 Å². The third-order valence-electron chi connectivity index (χ3n) is 3.52. The van der Waals surface area contributed by atoms with Crippen LogP contribution in [-0.2, 0) is 14.8 Å². The van der Waals surface area contributed by atoms with Gasteiger partial charge in [0.1, 0.15) is 13.1 Å². The van der Waals surface area contributed by atoms with Gasteiger partial charge in [0.05, 0.1) is 31.2 Å². The number of nitrogens with one attached hydrogen (secondary N) is 3. The van der Waals surface area contributed by atoms with E-state index in [2.05, 4.69) is 5.32 Å². The number of hydrogen-bond acceptors (Lipinski definition) is 4. The number of carbonyl (C=O) groups excluding carboxylic acids is 1. The van der Waals surface area contributed by atoms with Gasteiger partial charge < -0.3 is 15.0 Å². The summed E-state index contributed by atoms with van der Waals surface area (Å²) < 4.78 is 31.3. The SMILES string of the molecule is Cc1ccc(S(=O)(=O)NC(=O)NCC[NH+]2CCOCC2)cc1. The molecule has 0 spiro atoms. The second kappa shape index (κ2) is 7.57. The average Bonchev–Trinajstić information content (AvgIpc) is 2.48. The Labute approximate surface area is 130 Å². The molecule has 2 rings (SSSR count). The van der Waals surface area contributed by atoms with Gasteiger partial charge >= 0.3 is 6.03 Å². The van der Waals surface area contributed by atoms with Crippen LogP contribution in [-0.4, -0.2) is 53.8 Å². The normalized spacial score (nSPS) is 16.2. The van der Waals surface area contributed by atoms with E-state index in [-0.39, 0.29) is 4.90 Å². The Bertz CT molecular complexity index is 595. The van der Waals surface area contributed by atoms with Crippen molar-refractivity contribution >= 4 is 16.1 Å². The fourth-order valence-corrected chi connectivity index (χ4v) is 3.13. The molecule has 0 aliphatic carbocycles. The molecule has 1 aromatic carbocycles. The number of urea groups is 1. The predicted octanol–water partition coefficient (Wildman–Crippen LogP) is -1.10. The molecule has 1 heterocycles. The van der Waals surface area contributed by atoms with Crippen LogP contribution < -0.4 is 14.9 Å². The smallest absolute Gasteiger partial charge is 0.328 e. The maximum Gasteiger partial charge on any atom is 0.328 e. The lowest BCUT2D eigenvalue weighted by Gasteiger charge is -2.23. The van der Waals surface area contributed by atoms with E-state index >= 15 is 0 Å². The number of sulfonamides is 1. The summed E-state index contributed by atoms with van der Waals surface area (Å²) in [5.41, 5.74) is 0.955. The summed E-state index contributed by atoms with van der Waals surface area (Å²) in [5, 5.41) is 2.58. The van der Waals surface area contributed by atoms with Gasteiger partial charge in [0.25, 0.3) is 10.0 Å². The highest BCUT2D eigenvalue weighted by Gasteiger charge is 2.18. The molecule has 0 radical (unpaired) electrons. The number of quaternary nitrogens is 1. The van der Waals surface area contributed by atoms with E-state index in [1.165, 1.54) is 17.0 Å². The second-order valence-corrected chi connectivity index (χ2v) is 6.97. The summed E-state index contributed by atoms with van der Waals surface area (Å²) >= 11 is 0. The summed E-state index contributed by atoms with van der Waals surface area (Å²) in [7, 11) is -3.82. The van der Waals surface area contributed by atoms with Crippen molar-refractivity contribution in [3.05, 3.63) is 29.8 Å². The number of rotatable bonds is 5. The third-order valence-corrected chi connectivity index (χ3v) is 4.87. The monoisotopic (exact) mass is 328 g/mol. The molecule has 22 heavy (non-hydrogen) atoms. The molecule has 1 saturated heterocycles. The maximum atomic E-state index is 12.0. The molecule has 122 valence electrons. The summed E-state index contributed by atoms with van der Waals surface area (Å²) in [6.07, 6.45) is 0. The number of benzene rings is 1. The number of aryl methyl sites for hydroxylation is 1. The predicted molar refractivity (Wildman–Crippen MR) is 81.3 cm³/mol. The van der Waals surface area contributed by atoms with Crippen LogP contribution in [0.2, 0.25) is 0 Å². The average molecular weight is 328 g/mol. The van der Waals surface area contributed by atoms with E-state index in [0.717, 1.165) is 38.4 Å². The summed E-state index contributed by atoms with van der Waals surface area (Å²) in [6.45, 7) is 6.30. The third kappa shape index (κ3) is 4.97. The molecule has 0 atom stereocenters. The van der Waals surface area contributed by atoms with Gasteiger partial charge in [-0.2, -0.15) is 0 Å². The Kier molecular flexibility index (Phi) is 5.76. The Balaban J connectivity index is 1.79. The molecule has 1 aliphatic heterocycles. The molecule has 0 bridgehead atoms. The van der Waals surface area contributed by atoms with Gasteiger partial charge in [0.15, 0.2) is 0 Å². The lowest BCUT2D eigenvalue weighted by molar-refractivity contribution is -0.906. The molecule has 2 amide bonds. The zero-order valence-corrected chi connectivity index (χ0v) is 13.4. The first kappa shape index (κ1) is 16.7. The first-order valence-electron chi connectivity index (χ1n) is 7.26. The molecule has 1 aromatic rings. The summed E-state index contributed by atoms with van der Waals surface area (Å²) in [4.78, 5) is 13.1. The lowest BCUT2D eigenvalue weighted by Crippen LogP contribution is -3.14. The number of carbonyl (C=O) groups is 1. The van der Waals surface area contributed by atoms with Gasteiger partial charge in [0.2, 0.25) is 0 Å². The minimum Gasteiger partial charge on any atom is -0.370 e. The van der Waals surface area contributed by atoms with Crippen LogP contribution in [0.5, 0.6) is 0 Å². The molecule has 0 aromatic heterocycles. The minimum absolute atomic E-state index is 0.0760. The number of amides is 2. The minimum atomic E-state index is -3.82. The molecule has 8 heteroatoms. The Morgan fingerprint density at radius 2 is 1.86 bits per heavy atom. The van der Waals surface area contributed by atoms with Crippen molar-refractivity contribution < 1.29 is 22.8 Å². The largest absolute Gasteiger partial charge is 0.370 e. The number of morpholine rings is 1. The number of hydrogen-bond donors (Lipinski definition) is 3. The Morgan fingerprint density at radius 3 is 2.50 bits per heavy atom. The first-order chi connectivity index (χ1) is 10.5. The standard InChI is InChI=1S/C14H21N3O4S/c1-12-2-4-13(5-3-12)22(19,20)16-14(18)15-6-7-17-8-10-21-11-9-17/h2-5H,6-11H2,1H3,(H2,15,16,18)/p+1. The van der Waals surface area contributed by atoms with Gasteiger partial charge in [-0.3, -0.25) is 0 Å². The van der Waals surface area contributed by atoms with Crippen molar-refractivity contribution in [2.45, 2.75) is 11.8 Å². The zero-order chi connectivity index (χ0) is 16.0. The highest BCUT2D eigenvalue weighted by molar-refractivity contribution is 7.90. The van der Waals surface area contributed by atoms with Gasteiger partial charge in [-0.25, -0.2) is 17.9 Å². The van der Waals surface area contributed by atoms with E-state index in [1.807, 2.05) is 11.6 Å². The van der Waals surface area contributed by atoms with Gasteiger partial charge in [-0.1, -0.05) is 17.7 Å². The topological polar surface area (TPSA) is 88.9 Å². The highest BCUT2D eigenvalue weighted by Crippen LogP contribution is 2.09. The first-order valence-corrected chi connectivity index (χ1v) is 8.74. The van der Waals surface area contributed by atoms with Crippen LogP contribution in [0.3, 0.4) is 0 Å². The van der Waals surface area contributed by atoms with E-state index in [4.69, 9.17) is 4.74 Å². The molecular weight excluding hydrogens is 306 g/mol. The van der Waals surface area contributed by atoms with E-state index in [9.17, 15) is 13.2 Å². The fraction of sp³-hybridized carbons (Fsp3) is 0.500. The second-order valence-electron chi connectivity index (χ2n) is 5.29. The molecule has 0 unspecified atom stereocenters. The quantitative estimate of drug-likeness (QED) is 0.640. The molecule has 3 N–H and O–H groups in total. The zero-order valence-electron chi connectivity index (χ0n) is 12.6. The summed E-state index contributed by atoms with van der Waals surface area (Å²) in [6, 6.07) is 5.63. The molecule has 1 fully saturated rings. The molecule has 7 nitrogen and oxygen atoms in total. The number of ether oxygens (including phenoxy) is 1. The van der Waals surface area contributed by atoms with Crippen molar-refractivity contribution in [1.82, 2.24) is 10.0 Å². The Morgan fingerprint density at radius 1 is 1.23 bits per heavy atom. The van der Waals surface area contributed by atoms with Crippen LogP contribution in [0, 0.1) is 6.92 Å². The van der Waals surface area contributed by atoms with Crippen molar-refractivity contribution in [1.29, 1.82) is 0 Å². The lowest BCUT2D eigenvalue weighted by atomic mass is 10.2. The van der Waals surface area contributed by atoms with Gasteiger partial charge in [0, 0.05) is 0 Å². The van der Waals surface area contributed by atoms with Crippen LogP contribution in [0.1, 0.15) is 5.56 Å². The van der Waals surface area contributed by atoms with Crippen LogP contribution in [0.25, 0.3) is 0 Å². The molecule has 0 saturated carbocycles. The van der Waals surface area contributed by atoms with Crippen LogP contribution in [0.15, 0.2) is 29.2 Å². The van der Waals surface area contributed by atoms with Crippen LogP contribution in [0.4, 0.5) is 4.79 Å². The Hall–Kier alpha value is -1.64. The fourth-order valence-electron chi connectivity index (χ4n) is 2.20. The molecular formula is C14H22N3O4S+. The van der Waals surface area contributed by atoms with Crippen LogP contribution >= 0.6 is 0 Å². The van der Waals surface area contributed by atoms with Gasteiger partial charge in [-0.05, 0) is 19.1 Å². The van der Waals surface area contributed by atoms with Crippen molar-refractivity contribution in [2.75, 3.05) is 39.4 Å². The van der Waals surface area contributed by atoms with Crippen molar-refractivity contribution in [3.8, 4) is 0 Å². The summed E-state index contributed by atoms with van der Waals surface area (Å²) in [5.74, 6) is 0. The highest BCUT2D eigenvalue weighted by atomic mass is 32.2. The van der Waals surface area contributed by atoms with Crippen molar-refractivity contribution in [3.63, 3.8) is 0 Å². The van der Waals surface area contributed by atoms with Crippen molar-refractivity contribution in [2.24, 2.45) is 0 Å². The maximum absolute atomic E-state index is 12.0.